The lowest BCUT2D eigenvalue weighted by molar-refractivity contribution is 0.581. The number of hydrogen-bond acceptors (Lipinski definition) is 24. The molecule has 0 aliphatic rings. The average molecular weight is 1410 g/mol. The third-order valence-corrected chi connectivity index (χ3v) is 16.3. The van der Waals surface area contributed by atoms with Gasteiger partial charge in [-0.1, -0.05) is 0 Å². The molecule has 0 spiro atoms. The second kappa shape index (κ2) is 32.6. The van der Waals surface area contributed by atoms with E-state index in [1.807, 2.05) is 121 Å². The summed E-state index contributed by atoms with van der Waals surface area (Å²) in [5.74, 6) is 8.73. The van der Waals surface area contributed by atoms with Crippen molar-refractivity contribution in [3.63, 3.8) is 0 Å². The molecule has 0 bridgehead atoms. The number of rotatable bonds is 18. The highest BCUT2D eigenvalue weighted by molar-refractivity contribution is 7.89. The Bertz CT molecular complexity index is 4960. The van der Waals surface area contributed by atoms with Gasteiger partial charge in [0.05, 0.1) is 45.7 Å². The molecule has 0 saturated carbocycles. The molecule has 36 heteroatoms. The van der Waals surface area contributed by atoms with E-state index in [0.717, 1.165) is 97.3 Å². The summed E-state index contributed by atoms with van der Waals surface area (Å²) in [5, 5.41) is 9.93. The van der Waals surface area contributed by atoms with E-state index in [2.05, 4.69) is 163 Å². The zero-order valence-electron chi connectivity index (χ0n) is 58.6. The van der Waals surface area contributed by atoms with Crippen LogP contribution >= 0.6 is 0 Å². The quantitative estimate of drug-likeness (QED) is 0.0346. The number of aromatic nitrogens is 18. The number of fused-ring (bicyclic) bond motifs is 6. The molecule has 528 valence electrons. The van der Waals surface area contributed by atoms with Crippen molar-refractivity contribution < 1.29 is 25.3 Å². The van der Waals surface area contributed by atoms with E-state index >= 15 is 0 Å². The summed E-state index contributed by atoms with van der Waals surface area (Å²) < 4.78 is 79.8. The average Bonchev–Trinajstić information content (AvgIpc) is 1.65. The van der Waals surface area contributed by atoms with Crippen molar-refractivity contribution in [2.24, 2.45) is 5.84 Å². The van der Waals surface area contributed by atoms with E-state index in [0.29, 0.717) is 47.9 Å². The van der Waals surface area contributed by atoms with Crippen LogP contribution in [-0.4, -0.2) is 151 Å². The zero-order chi connectivity index (χ0) is 72.1. The standard InChI is InChI=1S/C12H19N5O2S.C11H17N5O2S.C11H17N5.C10H15N5O2S.C9H12N4.C9H11N3/c1-5-17(15-20(4,18)19)12-10-6-7-16(9(2)3)11(10)13-8-14-12;1-8(2)16-6-5-9-10(12-7-13-11(9)16)15(3)14-19(4,17)18;1-4-16(12)11-9-5-6-15(8(2)3)10(9)13-7-14-11;1-7(2)15-5-4-8-9(11-6-12-10(8)15)13-14-18(3,16)17;1-6(2)13-4-3-7-8(10)11-5-12-9(7)13;1-7(2)12-4-3-8-5-10-6-11-9(8)12/h6-9,15H,5H2,1-4H3;5-8,14H,1-4H3;5-8H,4,12H2,1-3H3;4-7,14H,1-3H3,(H,11,12,13);3-6H,1-2H3,(H2,10,11,12);3-7H,1-2H3. The molecular formula is C62H91N27O6S3. The lowest BCUT2D eigenvalue weighted by Crippen LogP contribution is -2.42. The van der Waals surface area contributed by atoms with Crippen LogP contribution in [0, 0.1) is 0 Å². The summed E-state index contributed by atoms with van der Waals surface area (Å²) in [6.07, 6.45) is 25.8. The first-order valence-corrected chi connectivity index (χ1v) is 37.1. The molecule has 0 fully saturated rings. The second-order valence-electron chi connectivity index (χ2n) is 24.3. The van der Waals surface area contributed by atoms with E-state index in [1.165, 1.54) is 35.3 Å². The Morgan fingerprint density at radius 1 is 0.418 bits per heavy atom. The molecule has 0 unspecified atom stereocenters. The smallest absolute Gasteiger partial charge is 0.225 e. The summed E-state index contributed by atoms with van der Waals surface area (Å²) in [7, 11) is -8.42. The van der Waals surface area contributed by atoms with Gasteiger partial charge in [0.2, 0.25) is 30.1 Å². The minimum atomic E-state index is -3.35. The van der Waals surface area contributed by atoms with E-state index in [4.69, 9.17) is 11.6 Å². The predicted octanol–water partition coefficient (Wildman–Crippen LogP) is 8.42. The predicted molar refractivity (Wildman–Crippen MR) is 388 cm³/mol. The van der Waals surface area contributed by atoms with Crippen molar-refractivity contribution in [2.75, 3.05) is 65.1 Å². The largest absolute Gasteiger partial charge is 0.383 e. The van der Waals surface area contributed by atoms with Crippen LogP contribution < -0.4 is 46.5 Å². The van der Waals surface area contributed by atoms with Crippen LogP contribution in [0.2, 0.25) is 0 Å². The Labute approximate surface area is 571 Å². The van der Waals surface area contributed by atoms with Crippen LogP contribution in [0.3, 0.4) is 0 Å². The fourth-order valence-electron chi connectivity index (χ4n) is 10.1. The summed E-state index contributed by atoms with van der Waals surface area (Å²) in [6.45, 7) is 30.1. The third kappa shape index (κ3) is 19.2. The highest BCUT2D eigenvalue weighted by Crippen LogP contribution is 2.29. The van der Waals surface area contributed by atoms with Crippen molar-refractivity contribution in [1.29, 1.82) is 0 Å². The molecule has 8 N–H and O–H groups in total. The summed E-state index contributed by atoms with van der Waals surface area (Å²) in [6, 6.07) is 13.7. The van der Waals surface area contributed by atoms with Crippen LogP contribution in [0.15, 0.2) is 118 Å². The molecule has 12 rings (SSSR count). The number of hydrazine groups is 4. The Hall–Kier alpha value is -9.59. The normalized spacial score (nSPS) is 11.8. The van der Waals surface area contributed by atoms with E-state index in [9.17, 15) is 25.3 Å². The zero-order valence-corrected chi connectivity index (χ0v) is 61.0. The summed E-state index contributed by atoms with van der Waals surface area (Å²) in [4.78, 5) is 57.0. The first-order valence-electron chi connectivity index (χ1n) is 31.5. The van der Waals surface area contributed by atoms with Gasteiger partial charge >= 0.3 is 0 Å². The number of anilines is 5. The Morgan fingerprint density at radius 3 is 1.21 bits per heavy atom. The number of nitrogens with one attached hydrogen (secondary N) is 4. The van der Waals surface area contributed by atoms with Crippen LogP contribution in [-0.2, 0) is 30.1 Å². The first kappa shape index (κ1) is 75.8. The molecule has 0 saturated heterocycles. The molecule has 0 atom stereocenters. The number of nitrogens with zero attached hydrogens (tertiary/aromatic N) is 21. The maximum atomic E-state index is 11.4. The number of sulfonamides is 3. The lowest BCUT2D eigenvalue weighted by atomic mass is 10.3. The molecule has 12 aromatic rings. The maximum Gasteiger partial charge on any atom is 0.225 e. The molecule has 33 nitrogen and oxygen atoms in total. The fraction of sp³-hybridized carbons (Fsp3) is 0.419. The molecule has 12 aromatic heterocycles. The van der Waals surface area contributed by atoms with E-state index < -0.39 is 30.1 Å². The van der Waals surface area contributed by atoms with Gasteiger partial charge in [0.15, 0.2) is 23.3 Å². The number of nitrogen functional groups attached to an aromatic ring is 1. The van der Waals surface area contributed by atoms with Crippen LogP contribution in [0.4, 0.5) is 29.1 Å². The van der Waals surface area contributed by atoms with Gasteiger partial charge in [-0.3, -0.25) is 20.5 Å². The third-order valence-electron chi connectivity index (χ3n) is 14.7. The molecule has 0 aromatic carbocycles. The van der Waals surface area contributed by atoms with Gasteiger partial charge < -0.3 is 33.1 Å². The van der Waals surface area contributed by atoms with Gasteiger partial charge in [-0.15, -0.1) is 14.5 Å². The molecular weight excluding hydrogens is 1320 g/mol. The topological polar surface area (TPSA) is 397 Å². The molecule has 0 amide bonds. The van der Waals surface area contributed by atoms with E-state index in [1.54, 1.807) is 24.7 Å². The van der Waals surface area contributed by atoms with Crippen molar-refractivity contribution in [1.82, 2.24) is 102 Å². The minimum absolute atomic E-state index is 0.271. The van der Waals surface area contributed by atoms with Gasteiger partial charge in [-0.05, 0) is 133 Å². The van der Waals surface area contributed by atoms with Gasteiger partial charge in [0, 0.05) is 105 Å². The van der Waals surface area contributed by atoms with Crippen molar-refractivity contribution >= 4 is 125 Å². The second-order valence-corrected chi connectivity index (χ2v) is 29.5. The highest BCUT2D eigenvalue weighted by Gasteiger charge is 2.20. The Kier molecular flexibility index (Phi) is 25.2. The highest BCUT2D eigenvalue weighted by atomic mass is 32.2. The lowest BCUT2D eigenvalue weighted by Gasteiger charge is -2.22. The number of hydrogen-bond donors (Lipinski definition) is 6. The van der Waals surface area contributed by atoms with Gasteiger partial charge in [0.1, 0.15) is 77.7 Å². The van der Waals surface area contributed by atoms with Crippen LogP contribution in [0.5, 0.6) is 0 Å². The van der Waals surface area contributed by atoms with Gasteiger partial charge in [-0.25, -0.2) is 90.9 Å². The minimum Gasteiger partial charge on any atom is -0.383 e. The monoisotopic (exact) mass is 1410 g/mol. The van der Waals surface area contributed by atoms with Crippen LogP contribution in [0.1, 0.15) is 133 Å². The van der Waals surface area contributed by atoms with Crippen LogP contribution in [0.25, 0.3) is 66.2 Å². The molecule has 0 aliphatic carbocycles. The van der Waals surface area contributed by atoms with Crippen molar-refractivity contribution in [3.8, 4) is 0 Å². The molecule has 0 aliphatic heterocycles. The van der Waals surface area contributed by atoms with Gasteiger partial charge in [0.25, 0.3) is 0 Å². The molecule has 12 heterocycles. The van der Waals surface area contributed by atoms with E-state index in [-0.39, 0.29) is 18.1 Å². The van der Waals surface area contributed by atoms with Crippen molar-refractivity contribution in [2.45, 2.75) is 133 Å². The molecule has 98 heavy (non-hydrogen) atoms. The summed E-state index contributed by atoms with van der Waals surface area (Å²) >= 11 is 0. The van der Waals surface area contributed by atoms with Crippen molar-refractivity contribution in [3.05, 3.63) is 118 Å². The maximum absolute atomic E-state index is 11.4. The Balaban J connectivity index is 0.000000167. The Morgan fingerprint density at radius 2 is 0.776 bits per heavy atom. The summed E-state index contributed by atoms with van der Waals surface area (Å²) in [5.41, 5.74) is 13.5. The molecule has 0 radical (unpaired) electrons. The first-order chi connectivity index (χ1) is 46.1. The number of nitrogens with two attached hydrogens (primary N) is 2. The SMILES string of the molecule is CC(C)n1ccc2c(N(C)NS(C)(=O)=O)ncnc21.CC(C)n1ccc2c(N)ncnc21.CC(C)n1ccc2c(NNS(C)(=O)=O)ncnc21.CC(C)n1ccc2cncnc21.CCN(N)c1ncnc2c1ccn2C(C)C.CCN(NS(C)(=O)=O)c1ncnc2c1ccn2C(C)C. The van der Waals surface area contributed by atoms with Gasteiger partial charge in [-0.2, -0.15) is 0 Å². The fourth-order valence-corrected chi connectivity index (χ4v) is 11.6.